The normalized spacial score (nSPS) is 24.5. The molecule has 1 aliphatic rings. The summed E-state index contributed by atoms with van der Waals surface area (Å²) in [5, 5.41) is 0. The van der Waals surface area contributed by atoms with E-state index < -0.39 is 0 Å². The molecule has 0 aromatic carbocycles. The smallest absolute Gasteiger partial charge is 0.0501 e. The number of rotatable bonds is 5. The predicted octanol–water partition coefficient (Wildman–Crippen LogP) is 1.89. The average Bonchev–Trinajstić information content (AvgIpc) is 2.48. The van der Waals surface area contributed by atoms with Gasteiger partial charge in [0.25, 0.3) is 0 Å². The van der Waals surface area contributed by atoms with E-state index in [0.717, 1.165) is 32.6 Å². The number of pyridine rings is 1. The van der Waals surface area contributed by atoms with E-state index in [1.807, 2.05) is 12.4 Å². The molecule has 0 saturated carbocycles. The van der Waals surface area contributed by atoms with Crippen molar-refractivity contribution in [1.29, 1.82) is 0 Å². The topological polar surface area (TPSA) is 45.4 Å². The molecule has 20 heavy (non-hydrogen) atoms. The summed E-state index contributed by atoms with van der Waals surface area (Å²) < 4.78 is 0. The van der Waals surface area contributed by atoms with Gasteiger partial charge in [0.2, 0.25) is 0 Å². The summed E-state index contributed by atoms with van der Waals surface area (Å²) in [6, 6.07) is 5.30. The van der Waals surface area contributed by atoms with Crippen LogP contribution < -0.4 is 5.73 Å². The minimum Gasteiger partial charge on any atom is -0.326 e. The van der Waals surface area contributed by atoms with E-state index in [9.17, 15) is 0 Å². The second kappa shape index (κ2) is 7.16. The first kappa shape index (κ1) is 15.4. The molecule has 112 valence electrons. The Morgan fingerprint density at radius 2 is 2.00 bits per heavy atom. The molecule has 2 rings (SSSR count). The van der Waals surface area contributed by atoms with Crippen molar-refractivity contribution < 1.29 is 0 Å². The van der Waals surface area contributed by atoms with Gasteiger partial charge in [0.05, 0.1) is 6.04 Å². The molecule has 2 heterocycles. The third-order valence-electron chi connectivity index (χ3n) is 4.52. The zero-order valence-corrected chi connectivity index (χ0v) is 13.0. The standard InChI is InChI=1S/C16H28N4/c1-4-15(17)16(14-6-8-18-9-7-14)20-11-10-19(5-2)13(3)12-20/h6-9,13,15-16H,4-5,10-12,17H2,1-3H3. The molecular weight excluding hydrogens is 248 g/mol. The lowest BCUT2D eigenvalue weighted by molar-refractivity contribution is 0.0493. The quantitative estimate of drug-likeness (QED) is 0.892. The van der Waals surface area contributed by atoms with E-state index in [1.165, 1.54) is 5.56 Å². The molecule has 0 amide bonds. The average molecular weight is 276 g/mol. The molecule has 1 fully saturated rings. The van der Waals surface area contributed by atoms with Gasteiger partial charge in [0, 0.05) is 44.1 Å². The highest BCUT2D eigenvalue weighted by atomic mass is 15.3. The largest absolute Gasteiger partial charge is 0.326 e. The van der Waals surface area contributed by atoms with E-state index in [2.05, 4.69) is 47.7 Å². The fourth-order valence-electron chi connectivity index (χ4n) is 3.26. The molecule has 1 aliphatic heterocycles. The number of likely N-dealkylation sites (N-methyl/N-ethyl adjacent to an activating group) is 1. The number of hydrogen-bond donors (Lipinski definition) is 1. The summed E-state index contributed by atoms with van der Waals surface area (Å²) in [5.74, 6) is 0. The molecule has 0 aliphatic carbocycles. The number of hydrogen-bond acceptors (Lipinski definition) is 4. The number of aromatic nitrogens is 1. The molecule has 1 saturated heterocycles. The first-order valence-corrected chi connectivity index (χ1v) is 7.81. The van der Waals surface area contributed by atoms with Crippen LogP contribution in [0.1, 0.15) is 38.8 Å². The Kier molecular flexibility index (Phi) is 5.52. The van der Waals surface area contributed by atoms with E-state index in [0.29, 0.717) is 12.1 Å². The minimum absolute atomic E-state index is 0.178. The van der Waals surface area contributed by atoms with Gasteiger partial charge in [0.1, 0.15) is 0 Å². The summed E-state index contributed by atoms with van der Waals surface area (Å²) in [6.07, 6.45) is 4.74. The van der Waals surface area contributed by atoms with Crippen LogP contribution in [0.4, 0.5) is 0 Å². The van der Waals surface area contributed by atoms with Crippen LogP contribution in [0.2, 0.25) is 0 Å². The maximum absolute atomic E-state index is 6.42. The third kappa shape index (κ3) is 3.37. The SMILES string of the molecule is CCC(N)C(c1ccncc1)N1CCN(CC)C(C)C1. The Balaban J connectivity index is 2.16. The first-order chi connectivity index (χ1) is 9.67. The van der Waals surface area contributed by atoms with Crippen LogP contribution in [-0.2, 0) is 0 Å². The van der Waals surface area contributed by atoms with Gasteiger partial charge in [0.15, 0.2) is 0 Å². The molecule has 1 aromatic rings. The van der Waals surface area contributed by atoms with Crippen molar-refractivity contribution in [3.63, 3.8) is 0 Å². The molecule has 0 spiro atoms. The number of piperazine rings is 1. The van der Waals surface area contributed by atoms with E-state index in [1.54, 1.807) is 0 Å². The molecule has 1 aromatic heterocycles. The van der Waals surface area contributed by atoms with Crippen molar-refractivity contribution >= 4 is 0 Å². The highest BCUT2D eigenvalue weighted by Gasteiger charge is 2.31. The van der Waals surface area contributed by atoms with Crippen molar-refractivity contribution in [3.05, 3.63) is 30.1 Å². The maximum atomic E-state index is 6.42. The van der Waals surface area contributed by atoms with Gasteiger partial charge in [-0.3, -0.25) is 14.8 Å². The van der Waals surface area contributed by atoms with Crippen LogP contribution in [0.3, 0.4) is 0 Å². The molecule has 3 unspecified atom stereocenters. The predicted molar refractivity (Wildman–Crippen MR) is 83.5 cm³/mol. The third-order valence-corrected chi connectivity index (χ3v) is 4.52. The van der Waals surface area contributed by atoms with Crippen LogP contribution in [0.15, 0.2) is 24.5 Å². The Morgan fingerprint density at radius 3 is 2.55 bits per heavy atom. The Hall–Kier alpha value is -0.970. The van der Waals surface area contributed by atoms with E-state index in [4.69, 9.17) is 5.73 Å². The summed E-state index contributed by atoms with van der Waals surface area (Å²) in [4.78, 5) is 9.23. The Labute approximate surface area is 123 Å². The molecule has 4 heteroatoms. The van der Waals surface area contributed by atoms with Crippen molar-refractivity contribution in [2.75, 3.05) is 26.2 Å². The highest BCUT2D eigenvalue weighted by molar-refractivity contribution is 5.18. The minimum atomic E-state index is 0.178. The molecule has 4 nitrogen and oxygen atoms in total. The highest BCUT2D eigenvalue weighted by Crippen LogP contribution is 2.27. The fourth-order valence-corrected chi connectivity index (χ4v) is 3.26. The van der Waals surface area contributed by atoms with Gasteiger partial charge in [-0.25, -0.2) is 0 Å². The summed E-state index contributed by atoms with van der Waals surface area (Å²) >= 11 is 0. The van der Waals surface area contributed by atoms with Crippen LogP contribution in [0.25, 0.3) is 0 Å². The van der Waals surface area contributed by atoms with Crippen molar-refractivity contribution in [1.82, 2.24) is 14.8 Å². The molecule has 0 bridgehead atoms. The molecule has 0 radical (unpaired) electrons. The molecule has 2 N–H and O–H groups in total. The van der Waals surface area contributed by atoms with Crippen molar-refractivity contribution in [2.24, 2.45) is 5.73 Å². The summed E-state index contributed by atoms with van der Waals surface area (Å²) in [5.41, 5.74) is 7.71. The van der Waals surface area contributed by atoms with Gasteiger partial charge in [-0.05, 0) is 37.6 Å². The van der Waals surface area contributed by atoms with Crippen LogP contribution >= 0.6 is 0 Å². The lowest BCUT2D eigenvalue weighted by atomic mass is 9.95. The second-order valence-electron chi connectivity index (χ2n) is 5.77. The lowest BCUT2D eigenvalue weighted by Crippen LogP contribution is -2.55. The van der Waals surface area contributed by atoms with Crippen molar-refractivity contribution in [2.45, 2.75) is 45.3 Å². The van der Waals surface area contributed by atoms with Crippen LogP contribution in [0, 0.1) is 0 Å². The Morgan fingerprint density at radius 1 is 1.30 bits per heavy atom. The molecular formula is C16H28N4. The zero-order chi connectivity index (χ0) is 14.5. The second-order valence-corrected chi connectivity index (χ2v) is 5.77. The van der Waals surface area contributed by atoms with Gasteiger partial charge < -0.3 is 5.73 Å². The summed E-state index contributed by atoms with van der Waals surface area (Å²) in [7, 11) is 0. The van der Waals surface area contributed by atoms with Gasteiger partial charge in [-0.1, -0.05) is 13.8 Å². The number of nitrogens with two attached hydrogens (primary N) is 1. The van der Waals surface area contributed by atoms with Gasteiger partial charge in [-0.2, -0.15) is 0 Å². The van der Waals surface area contributed by atoms with Gasteiger partial charge in [-0.15, -0.1) is 0 Å². The van der Waals surface area contributed by atoms with Crippen molar-refractivity contribution in [3.8, 4) is 0 Å². The Bertz CT molecular complexity index is 395. The molecule has 3 atom stereocenters. The lowest BCUT2D eigenvalue weighted by Gasteiger charge is -2.44. The van der Waals surface area contributed by atoms with Crippen LogP contribution in [0.5, 0.6) is 0 Å². The maximum Gasteiger partial charge on any atom is 0.0501 e. The zero-order valence-electron chi connectivity index (χ0n) is 13.0. The van der Waals surface area contributed by atoms with E-state index in [-0.39, 0.29) is 6.04 Å². The summed E-state index contributed by atoms with van der Waals surface area (Å²) in [6.45, 7) is 11.2. The van der Waals surface area contributed by atoms with Crippen LogP contribution in [-0.4, -0.2) is 53.0 Å². The fraction of sp³-hybridized carbons (Fsp3) is 0.688. The van der Waals surface area contributed by atoms with Gasteiger partial charge >= 0.3 is 0 Å². The van der Waals surface area contributed by atoms with E-state index >= 15 is 0 Å². The monoisotopic (exact) mass is 276 g/mol. The number of nitrogens with zero attached hydrogens (tertiary/aromatic N) is 3. The first-order valence-electron chi connectivity index (χ1n) is 7.81.